The Balaban J connectivity index is 2.21. The quantitative estimate of drug-likeness (QED) is 0.216. The molecule has 2 N–H and O–H groups in total. The first-order valence-electron chi connectivity index (χ1n) is 12.3. The third kappa shape index (κ3) is 8.12. The number of hydrogen-bond donors (Lipinski definition) is 2. The van der Waals surface area contributed by atoms with Crippen LogP contribution in [0.3, 0.4) is 0 Å². The van der Waals surface area contributed by atoms with Crippen molar-refractivity contribution in [2.45, 2.75) is 83.1 Å². The lowest BCUT2D eigenvalue weighted by Crippen LogP contribution is -2.33. The third-order valence-electron chi connectivity index (χ3n) is 5.79. The normalized spacial score (nSPS) is 11.9. The van der Waals surface area contributed by atoms with E-state index >= 15 is 0 Å². The number of thioether (sulfide) groups is 2. The second-order valence-electron chi connectivity index (χ2n) is 8.51. The Morgan fingerprint density at radius 3 is 2.41 bits per heavy atom. The first-order chi connectivity index (χ1) is 16.3. The lowest BCUT2D eigenvalue weighted by molar-refractivity contribution is 0.251. The van der Waals surface area contributed by atoms with Crippen LogP contribution in [0.15, 0.2) is 28.1 Å². The van der Waals surface area contributed by atoms with Crippen molar-refractivity contribution in [2.75, 3.05) is 30.5 Å². The number of aryl methyl sites for hydroxylation is 3. The zero-order chi connectivity index (χ0) is 25.1. The molecule has 0 radical (unpaired) electrons. The summed E-state index contributed by atoms with van der Waals surface area (Å²) in [6, 6.07) is 6.21. The van der Waals surface area contributed by atoms with E-state index in [0.717, 1.165) is 57.0 Å². The molecule has 0 bridgehead atoms. The Labute approximate surface area is 214 Å². The highest BCUT2D eigenvalue weighted by Gasteiger charge is 2.19. The lowest BCUT2D eigenvalue weighted by Gasteiger charge is -2.22. The summed E-state index contributed by atoms with van der Waals surface area (Å²) in [6.07, 6.45) is 4.56. The number of ether oxygens (including phenoxy) is 1. The Morgan fingerprint density at radius 1 is 1.03 bits per heavy atom. The van der Waals surface area contributed by atoms with Crippen molar-refractivity contribution in [3.63, 3.8) is 0 Å². The van der Waals surface area contributed by atoms with E-state index in [9.17, 15) is 4.79 Å². The van der Waals surface area contributed by atoms with Crippen LogP contribution < -0.4 is 15.4 Å². The molecule has 2 aromatic rings. The van der Waals surface area contributed by atoms with Crippen LogP contribution in [0.2, 0.25) is 0 Å². The highest BCUT2D eigenvalue weighted by Crippen LogP contribution is 2.35. The summed E-state index contributed by atoms with van der Waals surface area (Å²) in [7, 11) is 1.71. The maximum atomic E-state index is 13.0. The van der Waals surface area contributed by atoms with E-state index in [1.807, 2.05) is 6.92 Å². The van der Waals surface area contributed by atoms with Crippen LogP contribution in [0.5, 0.6) is 5.75 Å². The van der Waals surface area contributed by atoms with Gasteiger partial charge in [0.15, 0.2) is 0 Å². The molecule has 188 valence electrons. The molecule has 1 unspecified atom stereocenters. The van der Waals surface area contributed by atoms with Crippen molar-refractivity contribution in [2.24, 2.45) is 0 Å². The first-order valence-corrected chi connectivity index (χ1v) is 14.3. The van der Waals surface area contributed by atoms with Gasteiger partial charge < -0.3 is 15.4 Å². The zero-order valence-corrected chi connectivity index (χ0v) is 23.5. The van der Waals surface area contributed by atoms with Gasteiger partial charge in [0, 0.05) is 23.1 Å². The van der Waals surface area contributed by atoms with Gasteiger partial charge in [-0.15, -0.1) is 23.5 Å². The van der Waals surface area contributed by atoms with E-state index in [1.165, 1.54) is 24.0 Å². The van der Waals surface area contributed by atoms with Crippen LogP contribution in [-0.4, -0.2) is 36.2 Å². The second kappa shape index (κ2) is 14.5. The maximum absolute atomic E-state index is 13.0. The van der Waals surface area contributed by atoms with Gasteiger partial charge in [0.25, 0.3) is 0 Å². The van der Waals surface area contributed by atoms with Crippen LogP contribution in [0.1, 0.15) is 74.8 Å². The predicted octanol–water partition coefficient (Wildman–Crippen LogP) is 7.73. The Kier molecular flexibility index (Phi) is 12.1. The maximum Gasteiger partial charge on any atom is 0.319 e. The van der Waals surface area contributed by atoms with Gasteiger partial charge in [-0.3, -0.25) is 0 Å². The van der Waals surface area contributed by atoms with Gasteiger partial charge in [-0.25, -0.2) is 9.78 Å². The molecule has 0 aliphatic rings. The van der Waals surface area contributed by atoms with Crippen LogP contribution in [0.25, 0.3) is 0 Å². The fourth-order valence-electron chi connectivity index (χ4n) is 4.09. The number of nitrogens with one attached hydrogen (secondary N) is 2. The molecular formula is C27H41N3O2S2. The predicted molar refractivity (Wildman–Crippen MR) is 148 cm³/mol. The van der Waals surface area contributed by atoms with E-state index < -0.39 is 0 Å². The van der Waals surface area contributed by atoms with Gasteiger partial charge in [0.05, 0.1) is 12.8 Å². The van der Waals surface area contributed by atoms with Crippen molar-refractivity contribution in [3.8, 4) is 5.75 Å². The van der Waals surface area contributed by atoms with E-state index in [0.29, 0.717) is 6.54 Å². The molecule has 0 saturated heterocycles. The number of unbranched alkanes of at least 4 members (excludes halogenated alkanes) is 2. The van der Waals surface area contributed by atoms with Crippen molar-refractivity contribution < 1.29 is 9.53 Å². The summed E-state index contributed by atoms with van der Waals surface area (Å²) in [4.78, 5) is 18.8. The van der Waals surface area contributed by atoms with Gasteiger partial charge in [-0.1, -0.05) is 46.1 Å². The number of methoxy groups -OCH3 is 1. The van der Waals surface area contributed by atoms with Crippen LogP contribution in [0, 0.1) is 20.8 Å². The summed E-state index contributed by atoms with van der Waals surface area (Å²) in [5.41, 5.74) is 5.41. The van der Waals surface area contributed by atoms with Crippen molar-refractivity contribution in [1.29, 1.82) is 0 Å². The van der Waals surface area contributed by atoms with Crippen molar-refractivity contribution in [3.05, 3.63) is 40.6 Å². The van der Waals surface area contributed by atoms with Crippen molar-refractivity contribution >= 4 is 35.2 Å². The highest BCUT2D eigenvalue weighted by molar-refractivity contribution is 8.00. The smallest absolute Gasteiger partial charge is 0.319 e. The molecule has 7 heteroatoms. The number of amides is 2. The number of hydrogen-bond acceptors (Lipinski definition) is 5. The van der Waals surface area contributed by atoms with E-state index in [2.05, 4.69) is 68.4 Å². The molecule has 1 atom stereocenters. The fourth-order valence-corrected chi connectivity index (χ4v) is 5.80. The van der Waals surface area contributed by atoms with Crippen LogP contribution in [0.4, 0.5) is 10.5 Å². The molecule has 1 aromatic carbocycles. The first kappa shape index (κ1) is 28.4. The topological polar surface area (TPSA) is 63.2 Å². The average molecular weight is 504 g/mol. The van der Waals surface area contributed by atoms with E-state index in [4.69, 9.17) is 4.74 Å². The number of carbonyl (C=O) groups is 1. The molecule has 2 amide bonds. The summed E-state index contributed by atoms with van der Waals surface area (Å²) in [5, 5.41) is 7.16. The molecule has 0 fully saturated rings. The second-order valence-corrected chi connectivity index (χ2v) is 11.1. The molecule has 1 heterocycles. The number of anilines is 1. The number of carbonyl (C=O) groups excluding carboxylic acids is 1. The molecule has 2 rings (SSSR count). The van der Waals surface area contributed by atoms with E-state index in [1.54, 1.807) is 30.6 Å². The largest absolute Gasteiger partial charge is 0.496 e. The van der Waals surface area contributed by atoms with E-state index in [-0.39, 0.29) is 11.9 Å². The minimum Gasteiger partial charge on any atom is -0.496 e. The standard InChI is InChI=1S/C27H41N3O2S2/c1-8-11-12-13-21(22-14-19(5)23(32-7)15-18(22)4)17-28-27(31)30-25-24(33-9-2)16-20(6)29-26(25)34-10-3/h14-16,21H,8-13,17H2,1-7H3,(H2,28,30,31). The molecule has 0 aliphatic carbocycles. The zero-order valence-electron chi connectivity index (χ0n) is 21.8. The lowest BCUT2D eigenvalue weighted by atomic mass is 9.88. The molecule has 1 aromatic heterocycles. The van der Waals surface area contributed by atoms with Crippen LogP contribution in [-0.2, 0) is 0 Å². The summed E-state index contributed by atoms with van der Waals surface area (Å²) >= 11 is 3.39. The Morgan fingerprint density at radius 2 is 1.76 bits per heavy atom. The van der Waals surface area contributed by atoms with Gasteiger partial charge in [-0.2, -0.15) is 0 Å². The molecule has 0 aliphatic heterocycles. The molecule has 5 nitrogen and oxygen atoms in total. The monoisotopic (exact) mass is 503 g/mol. The minimum atomic E-state index is -0.176. The number of pyridine rings is 1. The Hall–Kier alpha value is -1.86. The Bertz CT molecular complexity index is 923. The average Bonchev–Trinajstić information content (AvgIpc) is 2.80. The SMILES string of the molecule is CCCCCC(CNC(=O)Nc1c(SCC)cc(C)nc1SCC)c1cc(C)c(OC)cc1C. The minimum absolute atomic E-state index is 0.176. The highest BCUT2D eigenvalue weighted by atomic mass is 32.2. The number of urea groups is 1. The molecule has 0 saturated carbocycles. The number of nitrogens with zero attached hydrogens (tertiary/aromatic N) is 1. The van der Waals surface area contributed by atoms with Gasteiger partial charge >= 0.3 is 6.03 Å². The van der Waals surface area contributed by atoms with Gasteiger partial charge in [-0.05, 0) is 67.5 Å². The number of benzene rings is 1. The summed E-state index contributed by atoms with van der Waals surface area (Å²) < 4.78 is 5.50. The summed E-state index contributed by atoms with van der Waals surface area (Å²) in [6.45, 7) is 13.2. The molecule has 34 heavy (non-hydrogen) atoms. The van der Waals surface area contributed by atoms with Crippen LogP contribution >= 0.6 is 23.5 Å². The number of rotatable bonds is 13. The molecular weight excluding hydrogens is 462 g/mol. The summed E-state index contributed by atoms with van der Waals surface area (Å²) in [5.74, 6) is 3.00. The molecule has 0 spiro atoms. The van der Waals surface area contributed by atoms with Crippen molar-refractivity contribution in [1.82, 2.24) is 10.3 Å². The van der Waals surface area contributed by atoms with Gasteiger partial charge in [0.1, 0.15) is 10.8 Å². The number of aromatic nitrogens is 1. The third-order valence-corrected chi connectivity index (χ3v) is 7.57. The fraction of sp³-hybridized carbons (Fsp3) is 0.556. The van der Waals surface area contributed by atoms with Gasteiger partial charge in [0.2, 0.25) is 0 Å².